The summed E-state index contributed by atoms with van der Waals surface area (Å²) in [6, 6.07) is 6.99. The van der Waals surface area contributed by atoms with Crippen LogP contribution in [-0.4, -0.2) is 29.2 Å². The second kappa shape index (κ2) is 5.85. The Balaban J connectivity index is 2.01. The van der Waals surface area contributed by atoms with Crippen molar-refractivity contribution in [1.82, 2.24) is 4.90 Å². The summed E-state index contributed by atoms with van der Waals surface area (Å²) in [5.74, 6) is 0. The van der Waals surface area contributed by atoms with Gasteiger partial charge in [0.25, 0.3) is 0 Å². The third kappa shape index (κ3) is 3.12. The minimum atomic E-state index is -0.143. The molecule has 1 N–H and O–H groups in total. The first-order valence-corrected chi connectivity index (χ1v) is 7.02. The number of aryl methyl sites for hydroxylation is 2. The third-order valence-electron chi connectivity index (χ3n) is 4.26. The molecule has 100 valence electrons. The van der Waals surface area contributed by atoms with Gasteiger partial charge in [-0.1, -0.05) is 31.0 Å². The maximum atomic E-state index is 10.1. The molecule has 1 fully saturated rings. The fourth-order valence-corrected chi connectivity index (χ4v) is 2.91. The van der Waals surface area contributed by atoms with E-state index in [-0.39, 0.29) is 6.10 Å². The molecule has 18 heavy (non-hydrogen) atoms. The van der Waals surface area contributed by atoms with Crippen molar-refractivity contribution in [2.45, 2.75) is 58.2 Å². The molecule has 0 aromatic heterocycles. The van der Waals surface area contributed by atoms with Gasteiger partial charge in [-0.3, -0.25) is 4.90 Å². The molecule has 1 aliphatic rings. The summed E-state index contributed by atoms with van der Waals surface area (Å²) < 4.78 is 0. The second-order valence-electron chi connectivity index (χ2n) is 5.75. The number of benzene rings is 1. The van der Waals surface area contributed by atoms with Crippen LogP contribution in [-0.2, 0) is 6.54 Å². The average molecular weight is 247 g/mol. The lowest BCUT2D eigenvalue weighted by Crippen LogP contribution is -2.42. The van der Waals surface area contributed by atoms with Crippen molar-refractivity contribution in [3.05, 3.63) is 34.9 Å². The van der Waals surface area contributed by atoms with E-state index in [9.17, 15) is 5.11 Å². The van der Waals surface area contributed by atoms with Crippen LogP contribution >= 0.6 is 0 Å². The molecule has 2 atom stereocenters. The summed E-state index contributed by atoms with van der Waals surface area (Å²) >= 11 is 0. The Bertz CT molecular complexity index is 402. The largest absolute Gasteiger partial charge is 0.391 e. The Morgan fingerprint density at radius 2 is 1.89 bits per heavy atom. The lowest BCUT2D eigenvalue weighted by molar-refractivity contribution is 0.0288. The van der Waals surface area contributed by atoms with Crippen molar-refractivity contribution in [3.8, 4) is 0 Å². The van der Waals surface area contributed by atoms with Gasteiger partial charge in [-0.25, -0.2) is 0 Å². The van der Waals surface area contributed by atoms with Crippen LogP contribution in [0.2, 0.25) is 0 Å². The molecule has 2 heteroatoms. The number of likely N-dealkylation sites (N-methyl/N-ethyl adjacent to an activating group) is 1. The monoisotopic (exact) mass is 247 g/mol. The molecule has 0 bridgehead atoms. The van der Waals surface area contributed by atoms with E-state index in [1.54, 1.807) is 0 Å². The van der Waals surface area contributed by atoms with Crippen LogP contribution in [0.25, 0.3) is 0 Å². The average Bonchev–Trinajstić information content (AvgIpc) is 2.34. The van der Waals surface area contributed by atoms with Gasteiger partial charge in [0.05, 0.1) is 6.10 Å². The highest BCUT2D eigenvalue weighted by Gasteiger charge is 2.26. The minimum Gasteiger partial charge on any atom is -0.391 e. The van der Waals surface area contributed by atoms with Gasteiger partial charge < -0.3 is 5.11 Å². The first-order chi connectivity index (χ1) is 8.58. The number of aliphatic hydroxyl groups is 1. The predicted octanol–water partition coefficient (Wildman–Crippen LogP) is 3.04. The zero-order valence-corrected chi connectivity index (χ0v) is 11.8. The quantitative estimate of drug-likeness (QED) is 0.887. The lowest BCUT2D eigenvalue weighted by Gasteiger charge is -2.35. The fourth-order valence-electron chi connectivity index (χ4n) is 2.91. The molecule has 2 rings (SSSR count). The topological polar surface area (TPSA) is 23.5 Å². The highest BCUT2D eigenvalue weighted by Crippen LogP contribution is 2.23. The Morgan fingerprint density at radius 3 is 2.56 bits per heavy atom. The standard InChI is InChI=1S/C16H25NO/c1-12-8-9-14(10-13(12)2)11-17(3)15-6-4-5-7-16(15)18/h8-10,15-16,18H,4-7,11H2,1-3H3. The molecule has 0 heterocycles. The van der Waals surface area contributed by atoms with Crippen molar-refractivity contribution in [2.24, 2.45) is 0 Å². The molecule has 0 saturated heterocycles. The van der Waals surface area contributed by atoms with Gasteiger partial charge in [-0.2, -0.15) is 0 Å². The molecule has 1 aliphatic carbocycles. The zero-order chi connectivity index (χ0) is 13.1. The summed E-state index contributed by atoms with van der Waals surface area (Å²) in [7, 11) is 2.13. The SMILES string of the molecule is Cc1ccc(CN(C)C2CCCCC2O)cc1C. The van der Waals surface area contributed by atoms with Crippen LogP contribution in [0, 0.1) is 13.8 Å². The van der Waals surface area contributed by atoms with Crippen LogP contribution in [0.4, 0.5) is 0 Å². The van der Waals surface area contributed by atoms with E-state index >= 15 is 0 Å². The molecule has 1 saturated carbocycles. The van der Waals surface area contributed by atoms with E-state index in [0.29, 0.717) is 6.04 Å². The van der Waals surface area contributed by atoms with Crippen molar-refractivity contribution >= 4 is 0 Å². The molecule has 0 spiro atoms. The van der Waals surface area contributed by atoms with Gasteiger partial charge in [0.2, 0.25) is 0 Å². The number of aliphatic hydroxyl groups excluding tert-OH is 1. The molecule has 1 aromatic rings. The number of rotatable bonds is 3. The second-order valence-corrected chi connectivity index (χ2v) is 5.75. The predicted molar refractivity (Wildman–Crippen MR) is 75.6 cm³/mol. The summed E-state index contributed by atoms with van der Waals surface area (Å²) in [6.07, 6.45) is 4.37. The zero-order valence-electron chi connectivity index (χ0n) is 11.8. The van der Waals surface area contributed by atoms with Crippen LogP contribution in [0.5, 0.6) is 0 Å². The third-order valence-corrected chi connectivity index (χ3v) is 4.26. The van der Waals surface area contributed by atoms with E-state index in [0.717, 1.165) is 19.4 Å². The van der Waals surface area contributed by atoms with Crippen molar-refractivity contribution < 1.29 is 5.11 Å². The van der Waals surface area contributed by atoms with Gasteiger partial charge in [-0.05, 0) is 50.4 Å². The first kappa shape index (κ1) is 13.6. The van der Waals surface area contributed by atoms with Gasteiger partial charge in [-0.15, -0.1) is 0 Å². The van der Waals surface area contributed by atoms with Gasteiger partial charge in [0.1, 0.15) is 0 Å². The van der Waals surface area contributed by atoms with Crippen molar-refractivity contribution in [1.29, 1.82) is 0 Å². The van der Waals surface area contributed by atoms with E-state index in [1.807, 2.05) is 0 Å². The highest BCUT2D eigenvalue weighted by atomic mass is 16.3. The van der Waals surface area contributed by atoms with Gasteiger partial charge in [0, 0.05) is 12.6 Å². The maximum Gasteiger partial charge on any atom is 0.0695 e. The Labute approximate surface area is 111 Å². The highest BCUT2D eigenvalue weighted by molar-refractivity contribution is 5.29. The summed E-state index contributed by atoms with van der Waals surface area (Å²) in [4.78, 5) is 2.31. The Kier molecular flexibility index (Phi) is 4.41. The molecule has 1 aromatic carbocycles. The molecule has 0 aliphatic heterocycles. The molecule has 2 unspecified atom stereocenters. The normalized spacial score (nSPS) is 24.5. The maximum absolute atomic E-state index is 10.1. The van der Waals surface area contributed by atoms with Crippen LogP contribution < -0.4 is 0 Å². The van der Waals surface area contributed by atoms with E-state index in [4.69, 9.17) is 0 Å². The minimum absolute atomic E-state index is 0.143. The Morgan fingerprint density at radius 1 is 1.17 bits per heavy atom. The summed E-state index contributed by atoms with van der Waals surface area (Å²) in [5, 5.41) is 10.1. The van der Waals surface area contributed by atoms with E-state index < -0.39 is 0 Å². The van der Waals surface area contributed by atoms with Crippen molar-refractivity contribution in [2.75, 3.05) is 7.05 Å². The fraction of sp³-hybridized carbons (Fsp3) is 0.625. The molecular weight excluding hydrogens is 222 g/mol. The summed E-state index contributed by atoms with van der Waals surface area (Å²) in [6.45, 7) is 5.24. The molecular formula is C16H25NO. The first-order valence-electron chi connectivity index (χ1n) is 7.02. The van der Waals surface area contributed by atoms with Crippen LogP contribution in [0.15, 0.2) is 18.2 Å². The summed E-state index contributed by atoms with van der Waals surface area (Å²) in [5.41, 5.74) is 4.04. The molecule has 0 amide bonds. The van der Waals surface area contributed by atoms with E-state index in [2.05, 4.69) is 44.0 Å². The Hall–Kier alpha value is -0.860. The van der Waals surface area contributed by atoms with Crippen LogP contribution in [0.3, 0.4) is 0 Å². The number of hydrogen-bond acceptors (Lipinski definition) is 2. The van der Waals surface area contributed by atoms with Gasteiger partial charge >= 0.3 is 0 Å². The number of nitrogens with zero attached hydrogens (tertiary/aromatic N) is 1. The molecule has 0 radical (unpaired) electrons. The van der Waals surface area contributed by atoms with E-state index in [1.165, 1.54) is 29.5 Å². The van der Waals surface area contributed by atoms with Crippen molar-refractivity contribution in [3.63, 3.8) is 0 Å². The smallest absolute Gasteiger partial charge is 0.0695 e. The molecule has 2 nitrogen and oxygen atoms in total. The lowest BCUT2D eigenvalue weighted by atomic mass is 9.91. The van der Waals surface area contributed by atoms with Gasteiger partial charge in [0.15, 0.2) is 0 Å². The van der Waals surface area contributed by atoms with Crippen LogP contribution in [0.1, 0.15) is 42.4 Å². The number of hydrogen-bond donors (Lipinski definition) is 1.